The van der Waals surface area contributed by atoms with Crippen LogP contribution in [0.25, 0.3) is 0 Å². The monoisotopic (exact) mass is 252 g/mol. The molecule has 2 rings (SSSR count). The first-order valence-electron chi connectivity index (χ1n) is 6.42. The van der Waals surface area contributed by atoms with E-state index in [1.54, 1.807) is 0 Å². The largest absolute Gasteiger partial charge is 0.393 e. The van der Waals surface area contributed by atoms with Crippen LogP contribution >= 0.6 is 0 Å². The Morgan fingerprint density at radius 1 is 1.50 bits per heavy atom. The molecule has 0 aromatic carbocycles. The van der Waals surface area contributed by atoms with Crippen LogP contribution in [0.1, 0.15) is 36.3 Å². The summed E-state index contributed by atoms with van der Waals surface area (Å²) < 4.78 is 5.03. The van der Waals surface area contributed by atoms with Crippen molar-refractivity contribution >= 4 is 5.91 Å². The molecule has 1 aliphatic rings. The molecule has 2 N–H and O–H groups in total. The highest BCUT2D eigenvalue weighted by atomic mass is 16.5. The van der Waals surface area contributed by atoms with Crippen molar-refractivity contribution in [3.05, 3.63) is 17.0 Å². The summed E-state index contributed by atoms with van der Waals surface area (Å²) in [4.78, 5) is 11.8. The van der Waals surface area contributed by atoms with Crippen LogP contribution in [0.5, 0.6) is 0 Å². The number of hydrogen-bond donors (Lipinski definition) is 2. The number of nitrogens with zero attached hydrogens (tertiary/aromatic N) is 1. The Balaban J connectivity index is 1.79. The zero-order valence-corrected chi connectivity index (χ0v) is 10.9. The van der Waals surface area contributed by atoms with E-state index in [4.69, 9.17) is 4.52 Å². The van der Waals surface area contributed by atoms with E-state index in [9.17, 15) is 9.90 Å². The second-order valence-corrected chi connectivity index (χ2v) is 5.12. The molecule has 1 aromatic rings. The number of aryl methyl sites for hydroxylation is 2. The number of aromatic nitrogens is 1. The van der Waals surface area contributed by atoms with Gasteiger partial charge in [-0.1, -0.05) is 5.16 Å². The standard InChI is InChI=1S/C13H20N2O3/c1-8-12(9(2)18-15-8)6-13(17)14-7-10-3-4-11(16)5-10/h10-11,16H,3-7H2,1-2H3,(H,14,17). The van der Waals surface area contributed by atoms with Crippen LogP contribution in [0.3, 0.4) is 0 Å². The minimum absolute atomic E-state index is 0.00853. The summed E-state index contributed by atoms with van der Waals surface area (Å²) >= 11 is 0. The molecule has 1 aromatic heterocycles. The molecule has 100 valence electrons. The Hall–Kier alpha value is -1.36. The highest BCUT2D eigenvalue weighted by molar-refractivity contribution is 5.78. The molecule has 1 aliphatic carbocycles. The summed E-state index contributed by atoms with van der Waals surface area (Å²) in [5.74, 6) is 1.11. The molecular formula is C13H20N2O3. The Morgan fingerprint density at radius 2 is 2.28 bits per heavy atom. The first kappa shape index (κ1) is 13.1. The average Bonchev–Trinajstić information content (AvgIpc) is 2.87. The third kappa shape index (κ3) is 3.10. The van der Waals surface area contributed by atoms with Crippen molar-refractivity contribution in [3.63, 3.8) is 0 Å². The van der Waals surface area contributed by atoms with E-state index in [-0.39, 0.29) is 12.0 Å². The zero-order valence-electron chi connectivity index (χ0n) is 10.9. The zero-order chi connectivity index (χ0) is 13.1. The van der Waals surface area contributed by atoms with Crippen molar-refractivity contribution in [3.8, 4) is 0 Å². The number of carbonyl (C=O) groups is 1. The minimum atomic E-state index is -0.186. The van der Waals surface area contributed by atoms with Crippen LogP contribution in [0.15, 0.2) is 4.52 Å². The van der Waals surface area contributed by atoms with Crippen LogP contribution in [0.4, 0.5) is 0 Å². The van der Waals surface area contributed by atoms with Crippen LogP contribution in [-0.4, -0.2) is 28.8 Å². The molecule has 1 amide bonds. The van der Waals surface area contributed by atoms with Crippen molar-refractivity contribution in [2.75, 3.05) is 6.54 Å². The Morgan fingerprint density at radius 3 is 2.83 bits per heavy atom. The fraction of sp³-hybridized carbons (Fsp3) is 0.692. The van der Waals surface area contributed by atoms with Crippen molar-refractivity contribution < 1.29 is 14.4 Å². The van der Waals surface area contributed by atoms with Crippen molar-refractivity contribution in [1.82, 2.24) is 10.5 Å². The quantitative estimate of drug-likeness (QED) is 0.841. The van der Waals surface area contributed by atoms with Gasteiger partial charge in [-0.15, -0.1) is 0 Å². The molecule has 1 saturated carbocycles. The van der Waals surface area contributed by atoms with Crippen LogP contribution in [0.2, 0.25) is 0 Å². The maximum absolute atomic E-state index is 11.8. The maximum Gasteiger partial charge on any atom is 0.224 e. The molecule has 5 heteroatoms. The topological polar surface area (TPSA) is 75.4 Å². The van der Waals surface area contributed by atoms with Gasteiger partial charge in [-0.25, -0.2) is 0 Å². The molecule has 1 fully saturated rings. The van der Waals surface area contributed by atoms with Gasteiger partial charge in [-0.2, -0.15) is 0 Å². The molecule has 0 bridgehead atoms. The lowest BCUT2D eigenvalue weighted by Gasteiger charge is -2.10. The van der Waals surface area contributed by atoms with E-state index < -0.39 is 0 Å². The third-order valence-corrected chi connectivity index (χ3v) is 3.62. The summed E-state index contributed by atoms with van der Waals surface area (Å²) in [5.41, 5.74) is 1.65. The van der Waals surface area contributed by atoms with E-state index in [0.29, 0.717) is 24.6 Å². The van der Waals surface area contributed by atoms with Crippen LogP contribution < -0.4 is 5.32 Å². The predicted molar refractivity (Wildman–Crippen MR) is 66.0 cm³/mol. The van der Waals surface area contributed by atoms with E-state index in [1.165, 1.54) is 0 Å². The van der Waals surface area contributed by atoms with Gasteiger partial charge in [0.15, 0.2) is 0 Å². The number of aliphatic hydroxyl groups is 1. The lowest BCUT2D eigenvalue weighted by Crippen LogP contribution is -2.30. The number of amides is 1. The van der Waals surface area contributed by atoms with E-state index in [1.807, 2.05) is 13.8 Å². The average molecular weight is 252 g/mol. The van der Waals surface area contributed by atoms with Gasteiger partial charge in [0.25, 0.3) is 0 Å². The summed E-state index contributed by atoms with van der Waals surface area (Å²) in [6.07, 6.45) is 2.77. The Bertz CT molecular complexity index is 408. The van der Waals surface area contributed by atoms with E-state index >= 15 is 0 Å². The van der Waals surface area contributed by atoms with Crippen molar-refractivity contribution in [1.29, 1.82) is 0 Å². The number of hydrogen-bond acceptors (Lipinski definition) is 4. The first-order valence-corrected chi connectivity index (χ1v) is 6.42. The van der Waals surface area contributed by atoms with Gasteiger partial charge in [0.05, 0.1) is 18.2 Å². The molecule has 0 aliphatic heterocycles. The Labute approximate surface area is 107 Å². The molecule has 18 heavy (non-hydrogen) atoms. The van der Waals surface area contributed by atoms with Crippen molar-refractivity contribution in [2.24, 2.45) is 5.92 Å². The van der Waals surface area contributed by atoms with E-state index in [2.05, 4.69) is 10.5 Å². The van der Waals surface area contributed by atoms with E-state index in [0.717, 1.165) is 30.5 Å². The lowest BCUT2D eigenvalue weighted by atomic mass is 10.1. The van der Waals surface area contributed by atoms with Gasteiger partial charge in [0.2, 0.25) is 5.91 Å². The second kappa shape index (κ2) is 5.52. The summed E-state index contributed by atoms with van der Waals surface area (Å²) in [7, 11) is 0. The van der Waals surface area contributed by atoms with Crippen LogP contribution in [0, 0.1) is 19.8 Å². The summed E-state index contributed by atoms with van der Waals surface area (Å²) in [6, 6.07) is 0. The minimum Gasteiger partial charge on any atom is -0.393 e. The lowest BCUT2D eigenvalue weighted by molar-refractivity contribution is -0.120. The molecule has 0 saturated heterocycles. The molecule has 2 unspecified atom stereocenters. The van der Waals surface area contributed by atoms with Gasteiger partial charge in [0.1, 0.15) is 5.76 Å². The first-order chi connectivity index (χ1) is 8.56. The number of aliphatic hydroxyl groups excluding tert-OH is 1. The maximum atomic E-state index is 11.8. The highest BCUT2D eigenvalue weighted by Crippen LogP contribution is 2.24. The number of nitrogens with one attached hydrogen (secondary N) is 1. The second-order valence-electron chi connectivity index (χ2n) is 5.12. The van der Waals surface area contributed by atoms with Crippen LogP contribution in [-0.2, 0) is 11.2 Å². The normalized spacial score (nSPS) is 23.3. The van der Waals surface area contributed by atoms with Gasteiger partial charge in [0, 0.05) is 12.1 Å². The molecule has 0 radical (unpaired) electrons. The van der Waals surface area contributed by atoms with Gasteiger partial charge in [-0.3, -0.25) is 4.79 Å². The SMILES string of the molecule is Cc1noc(C)c1CC(=O)NCC1CCC(O)C1. The molecule has 0 spiro atoms. The fourth-order valence-electron chi connectivity index (χ4n) is 2.47. The molecule has 2 atom stereocenters. The predicted octanol–water partition coefficient (Wildman–Crippen LogP) is 1.11. The number of rotatable bonds is 4. The smallest absolute Gasteiger partial charge is 0.224 e. The fourth-order valence-corrected chi connectivity index (χ4v) is 2.47. The van der Waals surface area contributed by atoms with Crippen molar-refractivity contribution in [2.45, 2.75) is 45.6 Å². The molecule has 5 nitrogen and oxygen atoms in total. The number of carbonyl (C=O) groups excluding carboxylic acids is 1. The molecular weight excluding hydrogens is 232 g/mol. The Kier molecular flexibility index (Phi) is 4.01. The van der Waals surface area contributed by atoms with Gasteiger partial charge in [-0.05, 0) is 39.0 Å². The summed E-state index contributed by atoms with van der Waals surface area (Å²) in [5, 5.41) is 16.2. The van der Waals surface area contributed by atoms with Gasteiger partial charge < -0.3 is 14.9 Å². The van der Waals surface area contributed by atoms with Gasteiger partial charge >= 0.3 is 0 Å². The highest BCUT2D eigenvalue weighted by Gasteiger charge is 2.23. The summed E-state index contributed by atoms with van der Waals surface area (Å²) in [6.45, 7) is 4.31. The third-order valence-electron chi connectivity index (χ3n) is 3.62. The molecule has 1 heterocycles.